The number of rotatable bonds is 7. The van der Waals surface area contributed by atoms with Gasteiger partial charge in [-0.1, -0.05) is 5.16 Å². The molecule has 3 rings (SSSR count). The molecule has 2 heterocycles. The first-order chi connectivity index (χ1) is 10.3. The Balaban J connectivity index is 1.46. The molecule has 1 saturated carbocycles. The molecule has 0 N–H and O–H groups in total. The largest absolute Gasteiger partial charge is 0.380 e. The summed E-state index contributed by atoms with van der Waals surface area (Å²) in [5, 5.41) is 4.12. The molecule has 1 aromatic rings. The summed E-state index contributed by atoms with van der Waals surface area (Å²) in [5.41, 5.74) is 0. The van der Waals surface area contributed by atoms with E-state index in [0.717, 1.165) is 57.7 Å². The lowest BCUT2D eigenvalue weighted by atomic mass is 10.2. The van der Waals surface area contributed by atoms with Gasteiger partial charge in [-0.25, -0.2) is 0 Å². The van der Waals surface area contributed by atoms with E-state index in [1.54, 1.807) is 0 Å². The summed E-state index contributed by atoms with van der Waals surface area (Å²) in [6, 6.07) is 0.221. The van der Waals surface area contributed by atoms with Gasteiger partial charge < -0.3 is 9.26 Å². The first-order valence-corrected chi connectivity index (χ1v) is 8.15. The molecule has 1 atom stereocenters. The zero-order valence-electron chi connectivity index (χ0n) is 13.1. The number of nitrogens with zero attached hydrogens (tertiary/aromatic N) is 4. The van der Waals surface area contributed by atoms with Gasteiger partial charge in [0.15, 0.2) is 5.82 Å². The van der Waals surface area contributed by atoms with Crippen molar-refractivity contribution in [3.63, 3.8) is 0 Å². The van der Waals surface area contributed by atoms with Crippen LogP contribution in [0.25, 0.3) is 0 Å². The van der Waals surface area contributed by atoms with E-state index in [1.165, 1.54) is 12.8 Å². The molecule has 1 saturated heterocycles. The highest BCUT2D eigenvalue weighted by molar-refractivity contribution is 5.04. The first kappa shape index (κ1) is 14.9. The summed E-state index contributed by atoms with van der Waals surface area (Å²) in [5.74, 6) is 2.25. The highest BCUT2D eigenvalue weighted by Crippen LogP contribution is 2.38. The third kappa shape index (κ3) is 3.81. The van der Waals surface area contributed by atoms with Crippen LogP contribution in [0.1, 0.15) is 50.4 Å². The fourth-order valence-corrected chi connectivity index (χ4v) is 2.79. The van der Waals surface area contributed by atoms with E-state index in [-0.39, 0.29) is 6.04 Å². The number of hydrogen-bond donors (Lipinski definition) is 0. The van der Waals surface area contributed by atoms with E-state index in [0.29, 0.717) is 5.92 Å². The average molecular weight is 294 g/mol. The zero-order chi connectivity index (χ0) is 14.7. The number of hydrogen-bond acceptors (Lipinski definition) is 6. The van der Waals surface area contributed by atoms with Gasteiger partial charge in [0.1, 0.15) is 0 Å². The van der Waals surface area contributed by atoms with E-state index >= 15 is 0 Å². The van der Waals surface area contributed by atoms with Crippen molar-refractivity contribution < 1.29 is 9.26 Å². The lowest BCUT2D eigenvalue weighted by Gasteiger charge is -2.36. The molecule has 0 amide bonds. The predicted octanol–water partition coefficient (Wildman–Crippen LogP) is 1.66. The second kappa shape index (κ2) is 6.85. The third-order valence-electron chi connectivity index (χ3n) is 4.47. The van der Waals surface area contributed by atoms with Crippen LogP contribution in [0.3, 0.4) is 0 Å². The lowest BCUT2D eigenvalue weighted by Crippen LogP contribution is -2.48. The van der Waals surface area contributed by atoms with Crippen molar-refractivity contribution >= 4 is 0 Å². The Kier molecular flexibility index (Phi) is 4.87. The van der Waals surface area contributed by atoms with Crippen molar-refractivity contribution in [2.24, 2.45) is 0 Å². The fraction of sp³-hybridized carbons (Fsp3) is 0.867. The zero-order valence-corrected chi connectivity index (χ0v) is 13.1. The number of ether oxygens (including phenoxy) is 1. The molecular weight excluding hydrogens is 268 g/mol. The maximum atomic E-state index is 5.45. The molecule has 2 aliphatic rings. The van der Waals surface area contributed by atoms with Crippen molar-refractivity contribution in [3.05, 3.63) is 11.7 Å². The SMILES string of the molecule is CCOCCN1CCN([C@H](C)c2nc(C3CC3)no2)CC1. The molecule has 0 bridgehead atoms. The van der Waals surface area contributed by atoms with Crippen LogP contribution in [0.15, 0.2) is 4.52 Å². The summed E-state index contributed by atoms with van der Waals surface area (Å²) in [4.78, 5) is 9.47. The Morgan fingerprint density at radius 1 is 1.29 bits per heavy atom. The normalized spacial score (nSPS) is 22.6. The monoisotopic (exact) mass is 294 g/mol. The van der Waals surface area contributed by atoms with E-state index < -0.39 is 0 Å². The molecule has 6 nitrogen and oxygen atoms in total. The van der Waals surface area contributed by atoms with Crippen LogP contribution in [-0.4, -0.2) is 65.9 Å². The Hall–Kier alpha value is -0.980. The molecule has 0 unspecified atom stereocenters. The molecule has 2 fully saturated rings. The Morgan fingerprint density at radius 3 is 2.71 bits per heavy atom. The average Bonchev–Trinajstić information content (AvgIpc) is 3.25. The van der Waals surface area contributed by atoms with Crippen LogP contribution < -0.4 is 0 Å². The summed E-state index contributed by atoms with van der Waals surface area (Å²) < 4.78 is 10.9. The van der Waals surface area contributed by atoms with E-state index in [4.69, 9.17) is 9.26 Å². The van der Waals surface area contributed by atoms with E-state index in [9.17, 15) is 0 Å². The summed E-state index contributed by atoms with van der Waals surface area (Å²) in [7, 11) is 0. The fourth-order valence-electron chi connectivity index (χ4n) is 2.79. The van der Waals surface area contributed by atoms with Gasteiger partial charge in [-0.2, -0.15) is 4.98 Å². The van der Waals surface area contributed by atoms with Crippen LogP contribution in [0.2, 0.25) is 0 Å². The van der Waals surface area contributed by atoms with Gasteiger partial charge >= 0.3 is 0 Å². The minimum absolute atomic E-state index is 0.221. The second-order valence-electron chi connectivity index (χ2n) is 6.02. The molecule has 0 radical (unpaired) electrons. The first-order valence-electron chi connectivity index (χ1n) is 8.15. The quantitative estimate of drug-likeness (QED) is 0.713. The smallest absolute Gasteiger partial charge is 0.243 e. The molecule has 1 aromatic heterocycles. The number of aromatic nitrogens is 2. The van der Waals surface area contributed by atoms with Gasteiger partial charge in [0, 0.05) is 45.2 Å². The third-order valence-corrected chi connectivity index (χ3v) is 4.47. The Labute approximate surface area is 126 Å². The maximum absolute atomic E-state index is 5.45. The van der Waals surface area contributed by atoms with Gasteiger partial charge in [0.25, 0.3) is 0 Å². The lowest BCUT2D eigenvalue weighted by molar-refractivity contribution is 0.0607. The molecular formula is C15H26N4O2. The molecule has 0 spiro atoms. The standard InChI is InChI=1S/C15H26N4O2/c1-3-20-11-10-18-6-8-19(9-7-18)12(2)15-16-14(17-21-15)13-4-5-13/h12-13H,3-11H2,1-2H3/t12-/m1/s1. The highest BCUT2D eigenvalue weighted by atomic mass is 16.5. The molecule has 118 valence electrons. The minimum Gasteiger partial charge on any atom is -0.380 e. The Bertz CT molecular complexity index is 439. The van der Waals surface area contributed by atoms with E-state index in [2.05, 4.69) is 26.9 Å². The molecule has 1 aliphatic heterocycles. The van der Waals surface area contributed by atoms with Crippen molar-refractivity contribution in [2.75, 3.05) is 45.9 Å². The Morgan fingerprint density at radius 2 is 2.05 bits per heavy atom. The molecule has 0 aromatic carbocycles. The van der Waals surface area contributed by atoms with Crippen LogP contribution in [0, 0.1) is 0 Å². The molecule has 1 aliphatic carbocycles. The van der Waals surface area contributed by atoms with Gasteiger partial charge in [-0.05, 0) is 26.7 Å². The topological polar surface area (TPSA) is 54.6 Å². The van der Waals surface area contributed by atoms with Crippen molar-refractivity contribution in [1.82, 2.24) is 19.9 Å². The van der Waals surface area contributed by atoms with Gasteiger partial charge in [0.05, 0.1) is 12.6 Å². The molecule has 21 heavy (non-hydrogen) atoms. The van der Waals surface area contributed by atoms with Gasteiger partial charge in [-0.3, -0.25) is 9.80 Å². The second-order valence-corrected chi connectivity index (χ2v) is 6.02. The van der Waals surface area contributed by atoms with Crippen LogP contribution in [0.5, 0.6) is 0 Å². The number of piperazine rings is 1. The van der Waals surface area contributed by atoms with Crippen molar-refractivity contribution in [1.29, 1.82) is 0 Å². The van der Waals surface area contributed by atoms with Crippen LogP contribution in [0.4, 0.5) is 0 Å². The predicted molar refractivity (Wildman–Crippen MR) is 79.2 cm³/mol. The maximum Gasteiger partial charge on any atom is 0.243 e. The highest BCUT2D eigenvalue weighted by Gasteiger charge is 2.31. The van der Waals surface area contributed by atoms with Crippen LogP contribution >= 0.6 is 0 Å². The van der Waals surface area contributed by atoms with Crippen molar-refractivity contribution in [2.45, 2.75) is 38.6 Å². The minimum atomic E-state index is 0.221. The van der Waals surface area contributed by atoms with Gasteiger partial charge in [0.2, 0.25) is 5.89 Å². The van der Waals surface area contributed by atoms with E-state index in [1.807, 2.05) is 6.92 Å². The van der Waals surface area contributed by atoms with Gasteiger partial charge in [-0.15, -0.1) is 0 Å². The van der Waals surface area contributed by atoms with Crippen LogP contribution in [-0.2, 0) is 4.74 Å². The summed E-state index contributed by atoms with van der Waals surface area (Å²) in [6.07, 6.45) is 2.43. The summed E-state index contributed by atoms with van der Waals surface area (Å²) >= 11 is 0. The molecule has 6 heteroatoms. The summed E-state index contributed by atoms with van der Waals surface area (Å²) in [6.45, 7) is 11.1. The van der Waals surface area contributed by atoms with Crippen molar-refractivity contribution in [3.8, 4) is 0 Å².